The van der Waals surface area contributed by atoms with E-state index in [1.54, 1.807) is 0 Å². The molecule has 2 nitrogen and oxygen atoms in total. The van der Waals surface area contributed by atoms with Gasteiger partial charge in [-0.3, -0.25) is 0 Å². The van der Waals surface area contributed by atoms with Gasteiger partial charge in [-0.25, -0.2) is 0 Å². The van der Waals surface area contributed by atoms with Crippen molar-refractivity contribution >= 4 is 76.8 Å². The number of rotatable bonds is 10. The van der Waals surface area contributed by atoms with Gasteiger partial charge >= 0.3 is 0 Å². The Balaban J connectivity index is 1.01. The monoisotopic (exact) mass is 693 g/mol. The number of fused-ring (bicyclic) bond motifs is 7. The molecule has 1 heterocycles. The smallest absolute Gasteiger partial charge is 0.135 e. The van der Waals surface area contributed by atoms with Crippen molar-refractivity contribution in [1.29, 1.82) is 0 Å². The minimum absolute atomic E-state index is 0.874. The normalized spacial score (nSPS) is 11.9. The Morgan fingerprint density at radius 3 is 2.09 bits per heavy atom. The summed E-state index contributed by atoms with van der Waals surface area (Å²) in [7, 11) is 0. The largest absolute Gasteiger partial charge is 0.456 e. The van der Waals surface area contributed by atoms with Crippen LogP contribution in [0.15, 0.2) is 206 Å². The second-order valence-electron chi connectivity index (χ2n) is 13.9. The molecule has 54 heavy (non-hydrogen) atoms. The molecule has 0 aliphatic rings. The van der Waals surface area contributed by atoms with Crippen molar-refractivity contribution in [2.45, 2.75) is 12.8 Å². The summed E-state index contributed by atoms with van der Waals surface area (Å²) in [6.07, 6.45) is 10.2. The summed E-state index contributed by atoms with van der Waals surface area (Å²) in [5.41, 5.74) is 9.48. The maximum Gasteiger partial charge on any atom is 0.135 e. The average Bonchev–Trinajstić information content (AvgIpc) is 3.60. The zero-order chi connectivity index (χ0) is 36.4. The first kappa shape index (κ1) is 33.0. The lowest BCUT2D eigenvalue weighted by Gasteiger charge is -2.22. The van der Waals surface area contributed by atoms with Crippen LogP contribution in [-0.4, -0.2) is 0 Å². The number of nitrogens with zero attached hydrogens (tertiary/aromatic N) is 1. The molecule has 258 valence electrons. The zero-order valence-corrected chi connectivity index (χ0v) is 30.1. The molecule has 9 aromatic rings. The minimum atomic E-state index is 0.874. The molecule has 0 fully saturated rings. The first-order valence-electron chi connectivity index (χ1n) is 18.5. The molecule has 0 unspecified atom stereocenters. The highest BCUT2D eigenvalue weighted by atomic mass is 16.3. The number of furan rings is 1. The van der Waals surface area contributed by atoms with Gasteiger partial charge in [-0.2, -0.15) is 0 Å². The van der Waals surface area contributed by atoms with Crippen molar-refractivity contribution in [3.8, 4) is 0 Å². The van der Waals surface area contributed by atoms with E-state index < -0.39 is 0 Å². The van der Waals surface area contributed by atoms with E-state index >= 15 is 0 Å². The molecule has 0 radical (unpaired) electrons. The molecule has 0 saturated carbocycles. The number of aryl methyl sites for hydroxylation is 1. The Morgan fingerprint density at radius 1 is 0.500 bits per heavy atom. The Morgan fingerprint density at radius 2 is 1.20 bits per heavy atom. The summed E-state index contributed by atoms with van der Waals surface area (Å²) in [5.74, 6) is 0. The number of allylic oxidation sites excluding steroid dienone is 5. The third kappa shape index (κ3) is 6.51. The van der Waals surface area contributed by atoms with Gasteiger partial charge in [0.05, 0.1) is 0 Å². The fraction of sp³-hybridized carbons (Fsp3) is 0.0385. The first-order chi connectivity index (χ1) is 26.6. The van der Waals surface area contributed by atoms with E-state index in [1.807, 2.05) is 12.1 Å². The molecular weight excluding hydrogens is 655 g/mol. The molecule has 0 bridgehead atoms. The molecule has 0 saturated heterocycles. The summed E-state index contributed by atoms with van der Waals surface area (Å²) in [6.45, 7) is 8.97. The Kier molecular flexibility index (Phi) is 8.70. The Hall–Kier alpha value is -6.90. The van der Waals surface area contributed by atoms with E-state index in [1.165, 1.54) is 37.9 Å². The van der Waals surface area contributed by atoms with Gasteiger partial charge in [-0.15, -0.1) is 0 Å². The van der Waals surface area contributed by atoms with Crippen LogP contribution in [0, 0.1) is 0 Å². The lowest BCUT2D eigenvalue weighted by atomic mass is 9.97. The molecule has 9 rings (SSSR count). The van der Waals surface area contributed by atoms with Gasteiger partial charge < -0.3 is 9.32 Å². The van der Waals surface area contributed by atoms with E-state index in [4.69, 9.17) is 4.42 Å². The number of hydrogen-bond donors (Lipinski definition) is 0. The number of benzene rings is 8. The third-order valence-electron chi connectivity index (χ3n) is 10.5. The number of anilines is 2. The fourth-order valence-corrected chi connectivity index (χ4v) is 7.50. The predicted molar refractivity (Wildman–Crippen MR) is 232 cm³/mol. The maximum atomic E-state index is 6.18. The lowest BCUT2D eigenvalue weighted by Crippen LogP contribution is -2.08. The van der Waals surface area contributed by atoms with Crippen molar-refractivity contribution in [2.75, 3.05) is 4.90 Å². The van der Waals surface area contributed by atoms with Gasteiger partial charge in [0.15, 0.2) is 0 Å². The van der Waals surface area contributed by atoms with Crippen LogP contribution in [0.2, 0.25) is 0 Å². The quantitative estimate of drug-likeness (QED) is 0.105. The second kappa shape index (κ2) is 14.3. The van der Waals surface area contributed by atoms with Crippen LogP contribution < -0.4 is 4.90 Å². The van der Waals surface area contributed by atoms with Crippen LogP contribution >= 0.6 is 0 Å². The molecule has 0 aliphatic carbocycles. The van der Waals surface area contributed by atoms with Crippen molar-refractivity contribution in [3.63, 3.8) is 0 Å². The predicted octanol–water partition coefficient (Wildman–Crippen LogP) is 14.6. The van der Waals surface area contributed by atoms with Crippen LogP contribution in [0.25, 0.3) is 65.4 Å². The highest BCUT2D eigenvalue weighted by molar-refractivity contribution is 6.08. The zero-order valence-electron chi connectivity index (χ0n) is 30.1. The number of hydrogen-bond acceptors (Lipinski definition) is 2. The van der Waals surface area contributed by atoms with Gasteiger partial charge in [-0.1, -0.05) is 147 Å². The van der Waals surface area contributed by atoms with Crippen LogP contribution in [0.4, 0.5) is 11.4 Å². The van der Waals surface area contributed by atoms with Crippen molar-refractivity contribution in [1.82, 2.24) is 0 Å². The minimum Gasteiger partial charge on any atom is -0.456 e. The van der Waals surface area contributed by atoms with Gasteiger partial charge in [0, 0.05) is 28.3 Å². The van der Waals surface area contributed by atoms with Gasteiger partial charge in [0.25, 0.3) is 0 Å². The van der Waals surface area contributed by atoms with Crippen LogP contribution in [0.5, 0.6) is 0 Å². The molecule has 8 aromatic carbocycles. The molecular formula is C52H39NO. The second-order valence-corrected chi connectivity index (χ2v) is 13.9. The molecule has 2 heteroatoms. The fourth-order valence-electron chi connectivity index (χ4n) is 7.50. The van der Waals surface area contributed by atoms with E-state index in [2.05, 4.69) is 194 Å². The van der Waals surface area contributed by atoms with Crippen molar-refractivity contribution < 1.29 is 4.42 Å². The van der Waals surface area contributed by atoms with Crippen molar-refractivity contribution in [2.24, 2.45) is 0 Å². The summed E-state index contributed by atoms with van der Waals surface area (Å²) in [4.78, 5) is 2.23. The van der Waals surface area contributed by atoms with Crippen LogP contribution in [0.3, 0.4) is 0 Å². The highest BCUT2D eigenvalue weighted by Gasteiger charge is 2.13. The van der Waals surface area contributed by atoms with E-state index in [9.17, 15) is 0 Å². The van der Waals surface area contributed by atoms with Crippen molar-refractivity contribution in [3.05, 3.63) is 218 Å². The maximum absolute atomic E-state index is 6.18. The first-order valence-corrected chi connectivity index (χ1v) is 18.5. The topological polar surface area (TPSA) is 16.4 Å². The molecule has 0 N–H and O–H groups in total. The molecule has 0 amide bonds. The van der Waals surface area contributed by atoms with Crippen LogP contribution in [0.1, 0.15) is 23.1 Å². The highest BCUT2D eigenvalue weighted by Crippen LogP contribution is 2.36. The Bertz CT molecular complexity index is 2940. The molecule has 0 spiro atoms. The lowest BCUT2D eigenvalue weighted by molar-refractivity contribution is 0.669. The third-order valence-corrected chi connectivity index (χ3v) is 10.5. The summed E-state index contributed by atoms with van der Waals surface area (Å²) >= 11 is 0. The van der Waals surface area contributed by atoms with E-state index in [-0.39, 0.29) is 0 Å². The van der Waals surface area contributed by atoms with Gasteiger partial charge in [0.1, 0.15) is 11.2 Å². The molecule has 1 aromatic heterocycles. The summed E-state index contributed by atoms with van der Waals surface area (Å²) < 4.78 is 6.18. The molecule has 0 atom stereocenters. The van der Waals surface area contributed by atoms with Gasteiger partial charge in [0.2, 0.25) is 0 Å². The van der Waals surface area contributed by atoms with Crippen LogP contribution in [-0.2, 0) is 6.42 Å². The van der Waals surface area contributed by atoms with E-state index in [0.29, 0.717) is 0 Å². The summed E-state index contributed by atoms with van der Waals surface area (Å²) in [5, 5.41) is 9.70. The number of para-hydroxylation sites is 1. The van der Waals surface area contributed by atoms with Gasteiger partial charge in [-0.05, 0) is 122 Å². The van der Waals surface area contributed by atoms with E-state index in [0.717, 1.165) is 68.4 Å². The summed E-state index contributed by atoms with van der Waals surface area (Å²) in [6, 6.07) is 58.1. The molecule has 0 aliphatic heterocycles. The standard InChI is InChI=1S/C52H39NO/c1-36(43-28-27-41-26-25-40-14-5-6-18-47(40)49(41)34-43)12-9-10-31-53(46-29-30-52-50(35-46)48-19-7-8-20-51(48)54-52)45-17-11-16-42(33-45)37(2)21-22-38-23-24-39-13-3-4-15-44(39)32-38/h3-20,23-35H,1-2,21-22H2/b12-9-,31-10+. The Labute approximate surface area is 315 Å². The SMILES string of the molecule is C=C(/C=C\C=C\N(c1cccc(C(=C)CCc2ccc3ccccc3c2)c1)c1ccc2oc3ccccc3c2c1)c1ccc2ccc3ccccc3c2c1. The average molecular weight is 694 g/mol.